The number of rotatable bonds is 0. The minimum absolute atomic E-state index is 0.0496. The molecule has 1 aromatic carbocycles. The summed E-state index contributed by atoms with van der Waals surface area (Å²) in [5, 5.41) is -0.103. The van der Waals surface area contributed by atoms with E-state index in [1.807, 2.05) is 6.26 Å². The fourth-order valence-electron chi connectivity index (χ4n) is 0.939. The molecule has 0 saturated heterocycles. The van der Waals surface area contributed by atoms with Crippen LogP contribution < -0.4 is 0 Å². The van der Waals surface area contributed by atoms with Gasteiger partial charge in [-0.05, 0) is 6.07 Å². The molecule has 0 bridgehead atoms. The maximum Gasteiger partial charge on any atom is 0.209 e. The van der Waals surface area contributed by atoms with Gasteiger partial charge in [0.2, 0.25) is 6.26 Å². The van der Waals surface area contributed by atoms with Crippen LogP contribution in [-0.2, 0) is 0 Å². The second-order valence-electron chi connectivity index (χ2n) is 2.28. The molecule has 1 aromatic heterocycles. The maximum absolute atomic E-state index is 12.6. The van der Waals surface area contributed by atoms with Gasteiger partial charge < -0.3 is 4.42 Å². The molecule has 12 heavy (non-hydrogen) atoms. The third-order valence-electron chi connectivity index (χ3n) is 1.51. The average Bonchev–Trinajstić information content (AvgIpc) is 2.35. The molecular formula is C8H2F3O. The highest BCUT2D eigenvalue weighted by Gasteiger charge is 2.10. The smallest absolute Gasteiger partial charge is 0.209 e. The lowest BCUT2D eigenvalue weighted by Gasteiger charge is -1.90. The Kier molecular flexibility index (Phi) is 1.36. The number of hydrogen-bond acceptors (Lipinski definition) is 1. The van der Waals surface area contributed by atoms with Gasteiger partial charge in [-0.2, -0.15) is 0 Å². The van der Waals surface area contributed by atoms with Gasteiger partial charge in [0.15, 0.2) is 17.5 Å². The van der Waals surface area contributed by atoms with E-state index in [1.54, 1.807) is 0 Å². The van der Waals surface area contributed by atoms with Crippen molar-refractivity contribution < 1.29 is 17.6 Å². The van der Waals surface area contributed by atoms with Crippen molar-refractivity contribution in [1.29, 1.82) is 0 Å². The predicted molar refractivity (Wildman–Crippen MR) is 34.9 cm³/mol. The summed E-state index contributed by atoms with van der Waals surface area (Å²) in [6.07, 6.45) is 1.86. The van der Waals surface area contributed by atoms with Crippen LogP contribution >= 0.6 is 0 Å². The summed E-state index contributed by atoms with van der Waals surface area (Å²) in [5.74, 6) is -2.98. The standard InChI is InChI=1S/C8H2F3O/c9-5-1-4-7(11)3-12-8(4)2-6(5)10/h1-2H. The van der Waals surface area contributed by atoms with Crippen molar-refractivity contribution >= 4 is 11.0 Å². The van der Waals surface area contributed by atoms with Gasteiger partial charge >= 0.3 is 0 Å². The van der Waals surface area contributed by atoms with E-state index in [4.69, 9.17) is 0 Å². The second-order valence-corrected chi connectivity index (χ2v) is 2.28. The minimum Gasteiger partial charge on any atom is -0.449 e. The Balaban J connectivity index is 2.87. The van der Waals surface area contributed by atoms with Gasteiger partial charge in [0, 0.05) is 6.07 Å². The molecule has 0 atom stereocenters. The Hall–Kier alpha value is -1.45. The first kappa shape index (κ1) is 7.21. The molecule has 2 rings (SSSR count). The summed E-state index contributed by atoms with van der Waals surface area (Å²) in [4.78, 5) is 0. The second kappa shape index (κ2) is 2.27. The Bertz CT molecular complexity index is 433. The van der Waals surface area contributed by atoms with Crippen molar-refractivity contribution in [2.45, 2.75) is 0 Å². The number of halogens is 3. The van der Waals surface area contributed by atoms with Crippen LogP contribution in [0, 0.1) is 23.7 Å². The van der Waals surface area contributed by atoms with Crippen LogP contribution in [0.5, 0.6) is 0 Å². The molecule has 0 unspecified atom stereocenters. The van der Waals surface area contributed by atoms with Gasteiger partial charge in [0.25, 0.3) is 0 Å². The average molecular weight is 171 g/mol. The van der Waals surface area contributed by atoms with E-state index < -0.39 is 17.5 Å². The fourth-order valence-corrected chi connectivity index (χ4v) is 0.939. The van der Waals surface area contributed by atoms with Crippen molar-refractivity contribution in [2.75, 3.05) is 0 Å². The fraction of sp³-hybridized carbons (Fsp3) is 0. The van der Waals surface area contributed by atoms with E-state index >= 15 is 0 Å². The molecule has 0 amide bonds. The molecule has 1 heterocycles. The summed E-state index contributed by atoms with van der Waals surface area (Å²) in [7, 11) is 0. The van der Waals surface area contributed by atoms with Crippen molar-refractivity contribution in [2.24, 2.45) is 0 Å². The van der Waals surface area contributed by atoms with Gasteiger partial charge in [-0.3, -0.25) is 0 Å². The van der Waals surface area contributed by atoms with Gasteiger partial charge in [-0.25, -0.2) is 13.2 Å². The molecule has 61 valence electrons. The molecule has 0 fully saturated rings. The van der Waals surface area contributed by atoms with E-state index in [9.17, 15) is 13.2 Å². The van der Waals surface area contributed by atoms with Crippen LogP contribution in [0.25, 0.3) is 11.0 Å². The van der Waals surface area contributed by atoms with Crippen LogP contribution in [-0.4, -0.2) is 0 Å². The Morgan fingerprint density at radius 2 is 1.75 bits per heavy atom. The highest BCUT2D eigenvalue weighted by Crippen LogP contribution is 2.21. The van der Waals surface area contributed by atoms with Crippen molar-refractivity contribution in [3.05, 3.63) is 35.8 Å². The monoisotopic (exact) mass is 171 g/mol. The van der Waals surface area contributed by atoms with Crippen molar-refractivity contribution in [3.8, 4) is 0 Å². The molecule has 0 aliphatic rings. The molecule has 2 aromatic rings. The molecule has 0 spiro atoms. The highest BCUT2D eigenvalue weighted by molar-refractivity contribution is 5.77. The maximum atomic E-state index is 12.6. The highest BCUT2D eigenvalue weighted by atomic mass is 19.2. The molecule has 0 aliphatic carbocycles. The number of hydrogen-bond donors (Lipinski definition) is 0. The summed E-state index contributed by atoms with van der Waals surface area (Å²) >= 11 is 0. The van der Waals surface area contributed by atoms with E-state index in [0.717, 1.165) is 12.1 Å². The molecule has 4 heteroatoms. The molecule has 0 N–H and O–H groups in total. The Morgan fingerprint density at radius 3 is 2.50 bits per heavy atom. The van der Waals surface area contributed by atoms with Gasteiger partial charge in [0.1, 0.15) is 5.58 Å². The summed E-state index contributed by atoms with van der Waals surface area (Å²) in [6.45, 7) is 0. The first-order valence-electron chi connectivity index (χ1n) is 3.13. The minimum atomic E-state index is -1.10. The largest absolute Gasteiger partial charge is 0.449 e. The first-order valence-corrected chi connectivity index (χ1v) is 3.13. The van der Waals surface area contributed by atoms with Gasteiger partial charge in [-0.1, -0.05) is 0 Å². The Labute approximate surface area is 65.4 Å². The third kappa shape index (κ3) is 0.879. The first-order chi connectivity index (χ1) is 5.68. The zero-order valence-electron chi connectivity index (χ0n) is 5.70. The summed E-state index contributed by atoms with van der Waals surface area (Å²) in [5.41, 5.74) is -0.0496. The zero-order valence-corrected chi connectivity index (χ0v) is 5.70. The lowest BCUT2D eigenvalue weighted by molar-refractivity contribution is 0.506. The molecule has 1 nitrogen and oxygen atoms in total. The quantitative estimate of drug-likeness (QED) is 0.593. The van der Waals surface area contributed by atoms with Crippen LogP contribution in [0.4, 0.5) is 13.2 Å². The summed E-state index contributed by atoms with van der Waals surface area (Å²) < 4.78 is 42.1. The van der Waals surface area contributed by atoms with Gasteiger partial charge in [0.05, 0.1) is 5.39 Å². The van der Waals surface area contributed by atoms with E-state index in [1.165, 1.54) is 0 Å². The topological polar surface area (TPSA) is 13.1 Å². The summed E-state index contributed by atoms with van der Waals surface area (Å²) in [6, 6.07) is 1.52. The molecule has 1 radical (unpaired) electrons. The molecule has 0 aliphatic heterocycles. The number of benzene rings is 1. The lowest BCUT2D eigenvalue weighted by Crippen LogP contribution is -1.82. The SMILES string of the molecule is Fc1cc2o[c]c(F)c2cc1F. The molecule has 0 saturated carbocycles. The van der Waals surface area contributed by atoms with Crippen molar-refractivity contribution in [1.82, 2.24) is 0 Å². The van der Waals surface area contributed by atoms with Crippen molar-refractivity contribution in [3.63, 3.8) is 0 Å². The van der Waals surface area contributed by atoms with Crippen LogP contribution in [0.1, 0.15) is 0 Å². The normalized spacial score (nSPS) is 10.9. The number of fused-ring (bicyclic) bond motifs is 1. The predicted octanol–water partition coefficient (Wildman–Crippen LogP) is 2.65. The van der Waals surface area contributed by atoms with Gasteiger partial charge in [-0.15, -0.1) is 0 Å². The van der Waals surface area contributed by atoms with Crippen LogP contribution in [0.3, 0.4) is 0 Å². The Morgan fingerprint density at radius 1 is 1.08 bits per heavy atom. The van der Waals surface area contributed by atoms with E-state index in [-0.39, 0.29) is 11.0 Å². The number of furan rings is 1. The van der Waals surface area contributed by atoms with Crippen LogP contribution in [0.15, 0.2) is 16.5 Å². The van der Waals surface area contributed by atoms with E-state index in [2.05, 4.69) is 4.42 Å². The third-order valence-corrected chi connectivity index (χ3v) is 1.51. The van der Waals surface area contributed by atoms with Crippen LogP contribution in [0.2, 0.25) is 0 Å². The molecular weight excluding hydrogens is 169 g/mol. The lowest BCUT2D eigenvalue weighted by atomic mass is 10.2. The zero-order chi connectivity index (χ0) is 8.72. The van der Waals surface area contributed by atoms with E-state index in [0.29, 0.717) is 0 Å².